The lowest BCUT2D eigenvalue weighted by atomic mass is 9.83. The molecule has 7 nitrogen and oxygen atoms in total. The molecule has 2 aromatic rings. The molecule has 4 rings (SSSR count). The van der Waals surface area contributed by atoms with E-state index in [4.69, 9.17) is 4.42 Å². The first-order valence-corrected chi connectivity index (χ1v) is 13.1. The van der Waals surface area contributed by atoms with Gasteiger partial charge >= 0.3 is 0 Å². The van der Waals surface area contributed by atoms with Crippen LogP contribution in [-0.4, -0.2) is 48.2 Å². The molecule has 0 bridgehead atoms. The minimum absolute atomic E-state index is 0.0191. The number of allylic oxidation sites excluding steroid dienone is 2. The number of aromatic nitrogens is 2. The molecule has 0 spiro atoms. The lowest BCUT2D eigenvalue weighted by molar-refractivity contribution is -0.114. The summed E-state index contributed by atoms with van der Waals surface area (Å²) in [6.45, 7) is 6.08. The van der Waals surface area contributed by atoms with E-state index >= 15 is 0 Å². The van der Waals surface area contributed by atoms with Gasteiger partial charge in [-0.1, -0.05) is 43.8 Å². The molecule has 1 aromatic heterocycles. The summed E-state index contributed by atoms with van der Waals surface area (Å²) in [5, 5.41) is 8.02. The summed E-state index contributed by atoms with van der Waals surface area (Å²) in [7, 11) is -0.950. The van der Waals surface area contributed by atoms with Gasteiger partial charge in [0.25, 0.3) is 5.22 Å². The van der Waals surface area contributed by atoms with Crippen molar-refractivity contribution in [3.63, 3.8) is 0 Å². The van der Waals surface area contributed by atoms with Crippen LogP contribution in [0.4, 0.5) is 5.69 Å². The van der Waals surface area contributed by atoms with E-state index in [1.165, 1.54) is 17.3 Å². The molecule has 9 heteroatoms. The van der Waals surface area contributed by atoms with E-state index in [0.717, 1.165) is 11.4 Å². The maximum Gasteiger partial charge on any atom is 0.277 e. The maximum absolute atomic E-state index is 13.0. The van der Waals surface area contributed by atoms with Crippen LogP contribution in [0.25, 0.3) is 0 Å². The Balaban J connectivity index is 1.42. The third kappa shape index (κ3) is 4.43. The number of hydrogen-bond donors (Lipinski definition) is 0. The molecule has 3 heterocycles. The van der Waals surface area contributed by atoms with Gasteiger partial charge in [-0.3, -0.25) is 4.79 Å². The van der Waals surface area contributed by atoms with E-state index in [-0.39, 0.29) is 33.9 Å². The second-order valence-electron chi connectivity index (χ2n) is 8.83. The number of benzene rings is 1. The van der Waals surface area contributed by atoms with Crippen molar-refractivity contribution in [3.8, 4) is 0 Å². The number of carbonyl (C=O) groups excluding carboxylic acids is 1. The minimum Gasteiger partial charge on any atom is -0.416 e. The summed E-state index contributed by atoms with van der Waals surface area (Å²) >= 11 is 1.23. The Morgan fingerprint density at radius 2 is 2.10 bits per heavy atom. The van der Waals surface area contributed by atoms with E-state index in [1.807, 2.05) is 26.1 Å². The summed E-state index contributed by atoms with van der Waals surface area (Å²) in [6, 6.07) is 8.19. The second kappa shape index (κ2) is 8.09. The zero-order valence-corrected chi connectivity index (χ0v) is 19.8. The predicted octanol–water partition coefficient (Wildman–Crippen LogP) is 3.41. The number of anilines is 1. The highest BCUT2D eigenvalue weighted by molar-refractivity contribution is 8.00. The van der Waals surface area contributed by atoms with Gasteiger partial charge in [-0.05, 0) is 30.9 Å². The van der Waals surface area contributed by atoms with Crippen LogP contribution < -0.4 is 4.90 Å². The van der Waals surface area contributed by atoms with Gasteiger partial charge in [-0.15, -0.1) is 10.2 Å². The Morgan fingerprint density at radius 1 is 1.35 bits per heavy atom. The van der Waals surface area contributed by atoms with Crippen LogP contribution >= 0.6 is 11.8 Å². The van der Waals surface area contributed by atoms with E-state index < -0.39 is 9.84 Å². The minimum atomic E-state index is -2.93. The fourth-order valence-corrected chi connectivity index (χ4v) is 6.95. The SMILES string of the molecule is CC(Sc1nnc(CC2CCS(=O)(=O)C2)o1)C(=O)C=C1N(C)c2ccccc2C1(C)C. The molecule has 2 aliphatic heterocycles. The number of sulfone groups is 1. The molecular formula is C22H27N3O4S2. The van der Waals surface area contributed by atoms with Gasteiger partial charge in [-0.25, -0.2) is 8.42 Å². The van der Waals surface area contributed by atoms with Crippen LogP contribution in [0.5, 0.6) is 0 Å². The summed E-state index contributed by atoms with van der Waals surface area (Å²) in [4.78, 5) is 15.0. The number of fused-ring (bicyclic) bond motifs is 1. The number of ketones is 1. The standard InChI is InChI=1S/C22H27N3O4S2/c1-14(30-21-24-23-20(29-21)11-15-9-10-31(27,28)13-15)18(26)12-19-22(2,3)16-7-5-6-8-17(16)25(19)4/h5-8,12,14-15H,9-11,13H2,1-4H3. The highest BCUT2D eigenvalue weighted by Gasteiger charge is 2.39. The first-order valence-electron chi connectivity index (χ1n) is 10.4. The van der Waals surface area contributed by atoms with Gasteiger partial charge in [-0.2, -0.15) is 0 Å². The van der Waals surface area contributed by atoms with Crippen molar-refractivity contribution in [2.75, 3.05) is 23.5 Å². The molecule has 0 radical (unpaired) electrons. The molecule has 1 saturated heterocycles. The monoisotopic (exact) mass is 461 g/mol. The fraction of sp³-hybridized carbons (Fsp3) is 0.500. The average molecular weight is 462 g/mol. The number of carbonyl (C=O) groups is 1. The molecule has 2 unspecified atom stereocenters. The Kier molecular flexibility index (Phi) is 5.76. The van der Waals surface area contributed by atoms with Crippen molar-refractivity contribution in [1.82, 2.24) is 10.2 Å². The van der Waals surface area contributed by atoms with Crippen molar-refractivity contribution in [3.05, 3.63) is 47.5 Å². The highest BCUT2D eigenvalue weighted by Crippen LogP contribution is 2.46. The van der Waals surface area contributed by atoms with Gasteiger partial charge in [0, 0.05) is 36.3 Å². The van der Waals surface area contributed by atoms with Crippen LogP contribution in [0.1, 0.15) is 38.6 Å². The van der Waals surface area contributed by atoms with Gasteiger partial charge in [0.15, 0.2) is 15.6 Å². The number of rotatable bonds is 6. The van der Waals surface area contributed by atoms with Crippen molar-refractivity contribution < 1.29 is 17.6 Å². The number of thioether (sulfide) groups is 1. The Hall–Kier alpha value is -2.13. The van der Waals surface area contributed by atoms with E-state index in [0.29, 0.717) is 24.0 Å². The van der Waals surface area contributed by atoms with E-state index in [1.54, 1.807) is 6.08 Å². The number of hydrogen-bond acceptors (Lipinski definition) is 8. The molecule has 31 heavy (non-hydrogen) atoms. The van der Waals surface area contributed by atoms with Crippen LogP contribution in [0.15, 0.2) is 45.7 Å². The zero-order valence-electron chi connectivity index (χ0n) is 18.2. The molecule has 0 saturated carbocycles. The largest absolute Gasteiger partial charge is 0.416 e. The predicted molar refractivity (Wildman–Crippen MR) is 121 cm³/mol. The Bertz CT molecular complexity index is 1140. The van der Waals surface area contributed by atoms with Gasteiger partial charge in [0.05, 0.1) is 16.8 Å². The normalized spacial score (nSPS) is 23.8. The average Bonchev–Trinajstić information content (AvgIpc) is 3.34. The summed E-state index contributed by atoms with van der Waals surface area (Å²) in [5.74, 6) is 0.826. The Morgan fingerprint density at radius 3 is 2.77 bits per heavy atom. The van der Waals surface area contributed by atoms with Crippen LogP contribution in [0.2, 0.25) is 0 Å². The third-order valence-corrected chi connectivity index (χ3v) is 8.93. The quantitative estimate of drug-likeness (QED) is 0.477. The van der Waals surface area contributed by atoms with E-state index in [9.17, 15) is 13.2 Å². The third-order valence-electron chi connectivity index (χ3n) is 6.14. The number of para-hydroxylation sites is 1. The first kappa shape index (κ1) is 22.1. The first-order chi connectivity index (χ1) is 14.6. The van der Waals surface area contributed by atoms with Crippen molar-refractivity contribution >= 4 is 33.1 Å². The smallest absolute Gasteiger partial charge is 0.277 e. The highest BCUT2D eigenvalue weighted by atomic mass is 32.2. The molecule has 0 amide bonds. The Labute approximate surface area is 187 Å². The topological polar surface area (TPSA) is 93.4 Å². The summed E-state index contributed by atoms with van der Waals surface area (Å²) < 4.78 is 28.9. The number of nitrogens with zero attached hydrogens (tertiary/aromatic N) is 3. The summed E-state index contributed by atoms with van der Waals surface area (Å²) in [6.07, 6.45) is 2.80. The van der Waals surface area contributed by atoms with Crippen molar-refractivity contribution in [2.45, 2.75) is 49.5 Å². The molecule has 0 N–H and O–H groups in total. The molecule has 0 aliphatic carbocycles. The van der Waals surface area contributed by atoms with Crippen LogP contribution in [0.3, 0.4) is 0 Å². The molecule has 166 valence electrons. The van der Waals surface area contributed by atoms with Crippen molar-refractivity contribution in [1.29, 1.82) is 0 Å². The van der Waals surface area contributed by atoms with Gasteiger partial charge < -0.3 is 9.32 Å². The van der Waals surface area contributed by atoms with Gasteiger partial charge in [0.1, 0.15) is 0 Å². The molecule has 1 aromatic carbocycles. The molecule has 2 atom stereocenters. The lowest BCUT2D eigenvalue weighted by Gasteiger charge is -2.24. The van der Waals surface area contributed by atoms with Crippen LogP contribution in [-0.2, 0) is 26.5 Å². The maximum atomic E-state index is 13.0. The van der Waals surface area contributed by atoms with Crippen LogP contribution in [0, 0.1) is 5.92 Å². The van der Waals surface area contributed by atoms with Gasteiger partial charge in [0.2, 0.25) is 5.89 Å². The second-order valence-corrected chi connectivity index (χ2v) is 12.3. The zero-order chi connectivity index (χ0) is 22.4. The molecule has 2 aliphatic rings. The van der Waals surface area contributed by atoms with Crippen molar-refractivity contribution in [2.24, 2.45) is 5.92 Å². The lowest BCUT2D eigenvalue weighted by Crippen LogP contribution is -2.25. The molecular weight excluding hydrogens is 434 g/mol. The van der Waals surface area contributed by atoms with E-state index in [2.05, 4.69) is 41.1 Å². The molecule has 1 fully saturated rings. The number of likely N-dealkylation sites (N-methyl/N-ethyl adjacent to an activating group) is 1. The fourth-order valence-electron chi connectivity index (χ4n) is 4.37. The summed E-state index contributed by atoms with van der Waals surface area (Å²) in [5.41, 5.74) is 3.01.